The van der Waals surface area contributed by atoms with Crippen molar-refractivity contribution in [2.75, 3.05) is 26.0 Å². The van der Waals surface area contributed by atoms with Crippen molar-refractivity contribution in [3.63, 3.8) is 0 Å². The first kappa shape index (κ1) is 54.8. The number of halogens is 1. The predicted molar refractivity (Wildman–Crippen MR) is 254 cm³/mol. The van der Waals surface area contributed by atoms with Gasteiger partial charge in [0.15, 0.2) is 18.7 Å². The summed E-state index contributed by atoms with van der Waals surface area (Å²) in [6.07, 6.45) is -2.96. The number of pyridine rings is 1. The Morgan fingerprint density at radius 3 is 2.46 bits per heavy atom. The third kappa shape index (κ3) is 12.6. The molecule has 2 aromatic rings. The SMILES string of the molecule is CCC(=O)N=C1[C@H](C)C[C@@]2(C)OC/C(=N/OCc3ccc(-c4nc(NC(=O)[C@H](C)N)cs4)cn3)CC[C@H]([C@H]1C)[C@](C)(O)[C@@H](CC)OC(=O)[C@@](C)(F)C(=O)[C@H](C)[C@H]2O[C@@H]1O[C@H](C)C[C@H](N(C)C)[C@H]1O. The van der Waals surface area contributed by atoms with Gasteiger partial charge in [-0.25, -0.2) is 19.2 Å². The van der Waals surface area contributed by atoms with Crippen LogP contribution in [0.5, 0.6) is 0 Å². The Labute approximate surface area is 403 Å². The summed E-state index contributed by atoms with van der Waals surface area (Å²) in [6, 6.07) is 2.47. The molecule has 5 heterocycles. The van der Waals surface area contributed by atoms with E-state index in [0.717, 1.165) is 6.92 Å². The monoisotopic (exact) mass is 973 g/mol. The standard InChI is InChI=1S/C48H72FN7O11S/c1-13-35-48(10,62)33-18-17-32(55-64-23-31-16-15-30(21-51-31)43-53-36(24-68-43)52-42(60)29(7)50)22-63-46(8,20-25(3)38(27(33)5)54-37(57)14-2)41(28(6)40(59)47(9,49)45(61)66-35)67-44-39(58)34(56(11)12)19-26(4)65-44/h15-16,21,24-29,33-35,39,41,44,58,62H,13-14,17-20,22-23,50H2,1-12H3,(H,52,60)/b54-38?,55-32+/t25-,26-,27-,28+,29+,33-,34+,35-,39-,41-,44+,46-,47+,48+/m1/s1. The summed E-state index contributed by atoms with van der Waals surface area (Å²) in [5, 5.41) is 33.9. The molecule has 0 unspecified atom stereocenters. The number of nitrogens with zero attached hydrogens (tertiary/aromatic N) is 5. The van der Waals surface area contributed by atoms with Gasteiger partial charge in [-0.2, -0.15) is 0 Å². The number of hydrogen-bond acceptors (Lipinski definition) is 17. The Morgan fingerprint density at radius 2 is 1.84 bits per heavy atom. The minimum Gasteiger partial charge on any atom is -0.457 e. The summed E-state index contributed by atoms with van der Waals surface area (Å²) in [6.45, 7) is 15.8. The molecule has 3 aliphatic heterocycles. The zero-order valence-corrected chi connectivity index (χ0v) is 42.3. The van der Waals surface area contributed by atoms with E-state index < -0.39 is 89.0 Å². The van der Waals surface area contributed by atoms with Gasteiger partial charge in [0.25, 0.3) is 5.67 Å². The maximum atomic E-state index is 17.0. The second-order valence-electron chi connectivity index (χ2n) is 19.5. The Morgan fingerprint density at radius 1 is 1.13 bits per heavy atom. The molecule has 20 heteroatoms. The molecule has 0 spiro atoms. The average molecular weight is 974 g/mol. The van der Waals surface area contributed by atoms with Crippen molar-refractivity contribution >= 4 is 52.1 Å². The van der Waals surface area contributed by atoms with Gasteiger partial charge in [0.2, 0.25) is 11.8 Å². The fourth-order valence-corrected chi connectivity index (χ4v) is 10.4. The number of ether oxygens (including phenoxy) is 4. The number of nitrogens with one attached hydrogen (secondary N) is 1. The molecule has 0 radical (unpaired) electrons. The number of hydrogen-bond donors (Lipinski definition) is 4. The van der Waals surface area contributed by atoms with E-state index in [2.05, 4.69) is 25.4 Å². The summed E-state index contributed by atoms with van der Waals surface area (Å²) >= 11 is 1.33. The normalized spacial score (nSPS) is 36.1. The van der Waals surface area contributed by atoms with Crippen LogP contribution in [0.2, 0.25) is 0 Å². The van der Waals surface area contributed by atoms with Gasteiger partial charge < -0.3 is 49.9 Å². The molecule has 0 saturated carbocycles. The molecule has 0 aliphatic carbocycles. The molecule has 0 aromatic carbocycles. The van der Waals surface area contributed by atoms with E-state index >= 15 is 4.39 Å². The molecule has 2 bridgehead atoms. The molecule has 18 nitrogen and oxygen atoms in total. The van der Waals surface area contributed by atoms with Gasteiger partial charge in [-0.1, -0.05) is 39.8 Å². The molecular formula is C48H72FN7O11S. The molecule has 14 atom stereocenters. The molecule has 3 fully saturated rings. The van der Waals surface area contributed by atoms with Crippen LogP contribution in [0, 0.1) is 23.7 Å². The maximum Gasteiger partial charge on any atom is 0.351 e. The van der Waals surface area contributed by atoms with Crippen LogP contribution in [0.3, 0.4) is 0 Å². The number of Topliss-reactive ketones (excluding diaryl/α,β-unsaturated/α-hetero) is 1. The number of aromatic nitrogens is 2. The second kappa shape index (κ2) is 22.7. The lowest BCUT2D eigenvalue weighted by atomic mass is 9.68. The van der Waals surface area contributed by atoms with Crippen LogP contribution in [0.15, 0.2) is 33.9 Å². The predicted octanol–water partition coefficient (Wildman–Crippen LogP) is 5.42. The number of cyclic esters (lactones) is 1. The Balaban J connectivity index is 1.60. The number of amides is 2. The number of anilines is 1. The second-order valence-corrected chi connectivity index (χ2v) is 20.4. The summed E-state index contributed by atoms with van der Waals surface area (Å²) < 4.78 is 42.7. The van der Waals surface area contributed by atoms with Gasteiger partial charge in [-0.3, -0.25) is 19.4 Å². The first-order valence-electron chi connectivity index (χ1n) is 23.6. The van der Waals surface area contributed by atoms with E-state index in [0.29, 0.717) is 39.9 Å². The van der Waals surface area contributed by atoms with Crippen molar-refractivity contribution in [1.82, 2.24) is 14.9 Å². The van der Waals surface area contributed by atoms with Gasteiger partial charge in [0.1, 0.15) is 28.6 Å². The Bertz CT molecular complexity index is 2150. The number of aliphatic hydroxyl groups excluding tert-OH is 1. The molecule has 5 rings (SSSR count). The fourth-order valence-electron chi connectivity index (χ4n) is 9.70. The topological polar surface area (TPSA) is 247 Å². The minimum atomic E-state index is -3.20. The summed E-state index contributed by atoms with van der Waals surface area (Å²) in [7, 11) is 3.64. The van der Waals surface area contributed by atoms with E-state index in [1.54, 1.807) is 45.3 Å². The largest absolute Gasteiger partial charge is 0.457 e. The van der Waals surface area contributed by atoms with E-state index in [1.165, 1.54) is 25.2 Å². The number of aliphatic hydroxyl groups is 2. The summed E-state index contributed by atoms with van der Waals surface area (Å²) in [5.41, 5.74) is 1.14. The highest BCUT2D eigenvalue weighted by molar-refractivity contribution is 7.13. The van der Waals surface area contributed by atoms with E-state index in [9.17, 15) is 29.4 Å². The van der Waals surface area contributed by atoms with E-state index in [1.807, 2.05) is 45.8 Å². The van der Waals surface area contributed by atoms with Gasteiger partial charge in [0, 0.05) is 47.2 Å². The number of nitrogens with two attached hydrogens (primary N) is 1. The molecule has 3 aliphatic rings. The van der Waals surface area contributed by atoms with Crippen molar-refractivity contribution < 1.29 is 57.6 Å². The maximum absolute atomic E-state index is 17.0. The minimum absolute atomic E-state index is 0.0357. The van der Waals surface area contributed by atoms with Crippen LogP contribution >= 0.6 is 11.3 Å². The highest BCUT2D eigenvalue weighted by atomic mass is 32.1. The van der Waals surface area contributed by atoms with Crippen molar-refractivity contribution in [2.24, 2.45) is 39.6 Å². The molecule has 378 valence electrons. The highest BCUT2D eigenvalue weighted by Crippen LogP contribution is 2.43. The molecule has 2 amide bonds. The van der Waals surface area contributed by atoms with Crippen LogP contribution in [0.4, 0.5) is 10.2 Å². The third-order valence-electron chi connectivity index (χ3n) is 13.7. The van der Waals surface area contributed by atoms with Crippen molar-refractivity contribution in [3.05, 3.63) is 29.4 Å². The fraction of sp³-hybridized carbons (Fsp3) is 0.708. The van der Waals surface area contributed by atoms with Crippen LogP contribution in [0.25, 0.3) is 10.6 Å². The quantitative estimate of drug-likeness (QED) is 0.125. The third-order valence-corrected chi connectivity index (χ3v) is 14.6. The van der Waals surface area contributed by atoms with Gasteiger partial charge in [-0.15, -0.1) is 11.3 Å². The molecular weight excluding hydrogens is 902 g/mol. The van der Waals surface area contributed by atoms with Crippen molar-refractivity contribution in [3.8, 4) is 10.6 Å². The number of likely N-dealkylation sites (N-methyl/N-ethyl adjacent to an activating group) is 1. The number of carbonyl (C=O) groups excluding carboxylic acids is 4. The first-order valence-corrected chi connectivity index (χ1v) is 24.4. The zero-order valence-electron chi connectivity index (χ0n) is 41.5. The van der Waals surface area contributed by atoms with Crippen LogP contribution in [0.1, 0.15) is 113 Å². The molecule has 3 saturated heterocycles. The van der Waals surface area contributed by atoms with Crippen LogP contribution in [-0.2, 0) is 49.6 Å². The number of rotatable bonds is 11. The number of esters is 1. The van der Waals surface area contributed by atoms with Crippen molar-refractivity contribution in [2.45, 2.75) is 174 Å². The van der Waals surface area contributed by atoms with Gasteiger partial charge in [0.05, 0.1) is 41.9 Å². The lowest BCUT2D eigenvalue weighted by Gasteiger charge is -2.48. The average Bonchev–Trinajstić information content (AvgIpc) is 3.75. The lowest BCUT2D eigenvalue weighted by Crippen LogP contribution is -2.61. The lowest BCUT2D eigenvalue weighted by molar-refractivity contribution is -0.296. The number of aliphatic imine (C=N–C) groups is 1. The summed E-state index contributed by atoms with van der Waals surface area (Å²) in [5.74, 6) is -6.42. The van der Waals surface area contributed by atoms with Gasteiger partial charge >= 0.3 is 5.97 Å². The smallest absolute Gasteiger partial charge is 0.351 e. The first-order chi connectivity index (χ1) is 31.8. The number of oxime groups is 1. The van der Waals surface area contributed by atoms with Crippen LogP contribution in [-0.4, -0.2) is 140 Å². The van der Waals surface area contributed by atoms with E-state index in [-0.39, 0.29) is 63.2 Å². The van der Waals surface area contributed by atoms with Gasteiger partial charge in [-0.05, 0) is 105 Å². The number of alkyl halides is 1. The molecule has 68 heavy (non-hydrogen) atoms. The molecule has 2 aromatic heterocycles. The molecule has 5 N–H and O–H groups in total. The number of thiazole rings is 1. The number of fused-ring (bicyclic) bond motifs is 5. The number of carbonyl (C=O) groups is 4. The number of ketones is 1. The van der Waals surface area contributed by atoms with Crippen LogP contribution < -0.4 is 11.1 Å². The Kier molecular flexibility index (Phi) is 18.3. The highest BCUT2D eigenvalue weighted by Gasteiger charge is 2.56. The Hall–Kier alpha value is -4.15. The zero-order chi connectivity index (χ0) is 50.5. The summed E-state index contributed by atoms with van der Waals surface area (Å²) in [4.78, 5) is 75.3. The van der Waals surface area contributed by atoms with Crippen molar-refractivity contribution in [1.29, 1.82) is 0 Å². The van der Waals surface area contributed by atoms with E-state index in [4.69, 9.17) is 29.5 Å².